The summed E-state index contributed by atoms with van der Waals surface area (Å²) in [7, 11) is 0. The molecule has 4 nitrogen and oxygen atoms in total. The maximum Gasteiger partial charge on any atom is 0.303 e. The van der Waals surface area contributed by atoms with Crippen molar-refractivity contribution in [2.24, 2.45) is 5.73 Å². The Morgan fingerprint density at radius 1 is 1.12 bits per heavy atom. The van der Waals surface area contributed by atoms with Crippen LogP contribution in [0.2, 0.25) is 0 Å². The Kier molecular flexibility index (Phi) is 9.46. The molecular weight excluding hydrogens is 302 g/mol. The van der Waals surface area contributed by atoms with Gasteiger partial charge in [0, 0.05) is 12.0 Å². The molecular formula is C20H33NO3. The summed E-state index contributed by atoms with van der Waals surface area (Å²) in [6.07, 6.45) is 8.45. The lowest BCUT2D eigenvalue weighted by molar-refractivity contribution is -0.137. The second kappa shape index (κ2) is 11.1. The number of aryl methyl sites for hydroxylation is 1. The van der Waals surface area contributed by atoms with Crippen LogP contribution in [-0.2, 0) is 11.2 Å². The van der Waals surface area contributed by atoms with Crippen LogP contribution in [0.25, 0.3) is 0 Å². The minimum atomic E-state index is -0.789. The average Bonchev–Trinajstić information content (AvgIpc) is 2.56. The van der Waals surface area contributed by atoms with Crippen molar-refractivity contribution < 1.29 is 14.6 Å². The molecule has 1 aromatic rings. The van der Waals surface area contributed by atoms with E-state index in [0.717, 1.165) is 31.6 Å². The van der Waals surface area contributed by atoms with Crippen molar-refractivity contribution in [3.05, 3.63) is 29.8 Å². The molecule has 1 rings (SSSR count). The van der Waals surface area contributed by atoms with Crippen molar-refractivity contribution in [3.8, 4) is 5.75 Å². The molecule has 136 valence electrons. The van der Waals surface area contributed by atoms with Crippen LogP contribution in [0.15, 0.2) is 24.3 Å². The maximum atomic E-state index is 10.6. The van der Waals surface area contributed by atoms with Crippen molar-refractivity contribution in [2.45, 2.75) is 77.2 Å². The van der Waals surface area contributed by atoms with Gasteiger partial charge in [-0.2, -0.15) is 0 Å². The number of benzene rings is 1. The Morgan fingerprint density at radius 3 is 2.42 bits per heavy atom. The van der Waals surface area contributed by atoms with E-state index in [-0.39, 0.29) is 6.42 Å². The Morgan fingerprint density at radius 2 is 1.79 bits per heavy atom. The van der Waals surface area contributed by atoms with E-state index in [2.05, 4.69) is 19.1 Å². The van der Waals surface area contributed by atoms with Crippen LogP contribution in [0.1, 0.15) is 70.8 Å². The smallest absolute Gasteiger partial charge is 0.303 e. The molecule has 0 spiro atoms. The van der Waals surface area contributed by atoms with E-state index in [0.29, 0.717) is 6.42 Å². The number of rotatable bonds is 13. The van der Waals surface area contributed by atoms with Gasteiger partial charge >= 0.3 is 5.97 Å². The number of nitrogens with two attached hydrogens (primary N) is 1. The topological polar surface area (TPSA) is 72.5 Å². The van der Waals surface area contributed by atoms with E-state index in [9.17, 15) is 4.79 Å². The number of hydrogen-bond acceptors (Lipinski definition) is 3. The zero-order valence-corrected chi connectivity index (χ0v) is 15.2. The maximum absolute atomic E-state index is 10.6. The number of carboxylic acids is 1. The van der Waals surface area contributed by atoms with E-state index in [1.807, 2.05) is 19.1 Å². The summed E-state index contributed by atoms with van der Waals surface area (Å²) in [5, 5.41) is 8.75. The minimum Gasteiger partial charge on any atom is -0.494 e. The van der Waals surface area contributed by atoms with E-state index in [1.54, 1.807) is 0 Å². The van der Waals surface area contributed by atoms with Crippen molar-refractivity contribution in [2.75, 3.05) is 6.61 Å². The van der Waals surface area contributed by atoms with Gasteiger partial charge in [-0.15, -0.1) is 0 Å². The summed E-state index contributed by atoms with van der Waals surface area (Å²) in [5.41, 5.74) is 6.94. The van der Waals surface area contributed by atoms with Crippen LogP contribution >= 0.6 is 0 Å². The van der Waals surface area contributed by atoms with Gasteiger partial charge in [0.05, 0.1) is 6.61 Å². The van der Waals surface area contributed by atoms with Crippen LogP contribution in [0.5, 0.6) is 5.75 Å². The highest BCUT2D eigenvalue weighted by Crippen LogP contribution is 2.19. The molecule has 0 aliphatic heterocycles. The standard InChI is InChI=1S/C20H33NO3/c1-3-4-5-6-7-16-24-18-10-8-17(9-11-18)12-14-20(2,21)15-13-19(22)23/h8-11H,3-7,12-16,21H2,1-2H3,(H,22,23)/t20-/m0/s1. The summed E-state index contributed by atoms with van der Waals surface area (Å²) in [6, 6.07) is 8.15. The highest BCUT2D eigenvalue weighted by molar-refractivity contribution is 5.66. The van der Waals surface area contributed by atoms with Gasteiger partial charge in [0.15, 0.2) is 0 Å². The van der Waals surface area contributed by atoms with Crippen LogP contribution in [-0.4, -0.2) is 23.2 Å². The summed E-state index contributed by atoms with van der Waals surface area (Å²) >= 11 is 0. The van der Waals surface area contributed by atoms with Gasteiger partial charge in [0.1, 0.15) is 5.75 Å². The van der Waals surface area contributed by atoms with Gasteiger partial charge in [0.25, 0.3) is 0 Å². The predicted octanol–water partition coefficient (Wildman–Crippen LogP) is 4.55. The molecule has 24 heavy (non-hydrogen) atoms. The molecule has 0 saturated carbocycles. The number of ether oxygens (including phenoxy) is 1. The SMILES string of the molecule is CCCCCCCOc1ccc(CC[C@](C)(N)CCC(=O)O)cc1. The van der Waals surface area contributed by atoms with E-state index < -0.39 is 11.5 Å². The van der Waals surface area contributed by atoms with E-state index >= 15 is 0 Å². The third kappa shape index (κ3) is 9.56. The number of aliphatic carboxylic acids is 1. The molecule has 1 aromatic carbocycles. The molecule has 0 fully saturated rings. The fourth-order valence-corrected chi connectivity index (χ4v) is 2.60. The molecule has 0 aliphatic carbocycles. The molecule has 0 saturated heterocycles. The quantitative estimate of drug-likeness (QED) is 0.519. The fourth-order valence-electron chi connectivity index (χ4n) is 2.60. The lowest BCUT2D eigenvalue weighted by atomic mass is 9.90. The van der Waals surface area contributed by atoms with Crippen molar-refractivity contribution in [3.63, 3.8) is 0 Å². The van der Waals surface area contributed by atoms with Crippen LogP contribution in [0, 0.1) is 0 Å². The molecule has 0 bridgehead atoms. The largest absolute Gasteiger partial charge is 0.494 e. The first-order valence-electron chi connectivity index (χ1n) is 9.15. The van der Waals surface area contributed by atoms with Crippen molar-refractivity contribution >= 4 is 5.97 Å². The molecule has 0 radical (unpaired) electrons. The number of carbonyl (C=O) groups is 1. The Bertz CT molecular complexity index is 468. The molecule has 0 heterocycles. The third-order valence-corrected chi connectivity index (χ3v) is 4.33. The van der Waals surface area contributed by atoms with Crippen LogP contribution in [0.3, 0.4) is 0 Å². The molecule has 3 N–H and O–H groups in total. The van der Waals surface area contributed by atoms with Crippen molar-refractivity contribution in [1.29, 1.82) is 0 Å². The normalized spacial score (nSPS) is 13.5. The minimum absolute atomic E-state index is 0.123. The molecule has 4 heteroatoms. The molecule has 0 amide bonds. The first-order chi connectivity index (χ1) is 11.4. The average molecular weight is 335 g/mol. The first kappa shape index (κ1) is 20.5. The fraction of sp³-hybridized carbons (Fsp3) is 0.650. The summed E-state index contributed by atoms with van der Waals surface area (Å²) < 4.78 is 5.76. The van der Waals surface area contributed by atoms with E-state index in [1.165, 1.54) is 31.2 Å². The monoisotopic (exact) mass is 335 g/mol. The zero-order chi connectivity index (χ0) is 17.8. The Balaban J connectivity index is 2.27. The molecule has 0 aliphatic rings. The number of hydrogen-bond donors (Lipinski definition) is 2. The molecule has 0 unspecified atom stereocenters. The van der Waals surface area contributed by atoms with Gasteiger partial charge in [-0.3, -0.25) is 4.79 Å². The van der Waals surface area contributed by atoms with Crippen LogP contribution < -0.4 is 10.5 Å². The Labute approximate surface area is 146 Å². The highest BCUT2D eigenvalue weighted by Gasteiger charge is 2.19. The van der Waals surface area contributed by atoms with Crippen molar-refractivity contribution in [1.82, 2.24) is 0 Å². The zero-order valence-electron chi connectivity index (χ0n) is 15.2. The lowest BCUT2D eigenvalue weighted by Gasteiger charge is -2.23. The molecule has 1 atom stereocenters. The predicted molar refractivity (Wildman–Crippen MR) is 98.5 cm³/mol. The third-order valence-electron chi connectivity index (χ3n) is 4.33. The second-order valence-corrected chi connectivity index (χ2v) is 6.95. The number of unbranched alkanes of at least 4 members (excludes halogenated alkanes) is 4. The number of carboxylic acid groups (broad SMARTS) is 1. The summed E-state index contributed by atoms with van der Waals surface area (Å²) in [6.45, 7) is 4.92. The second-order valence-electron chi connectivity index (χ2n) is 6.95. The van der Waals surface area contributed by atoms with Crippen LogP contribution in [0.4, 0.5) is 0 Å². The highest BCUT2D eigenvalue weighted by atomic mass is 16.5. The van der Waals surface area contributed by atoms with Gasteiger partial charge in [-0.25, -0.2) is 0 Å². The van der Waals surface area contributed by atoms with Gasteiger partial charge in [-0.1, -0.05) is 44.7 Å². The Hall–Kier alpha value is -1.55. The summed E-state index contributed by atoms with van der Waals surface area (Å²) in [4.78, 5) is 10.6. The lowest BCUT2D eigenvalue weighted by Crippen LogP contribution is -2.37. The van der Waals surface area contributed by atoms with E-state index in [4.69, 9.17) is 15.6 Å². The summed E-state index contributed by atoms with van der Waals surface area (Å²) in [5.74, 6) is 0.124. The van der Waals surface area contributed by atoms with Gasteiger partial charge < -0.3 is 15.6 Å². The molecule has 0 aromatic heterocycles. The van der Waals surface area contributed by atoms with Gasteiger partial charge in [-0.05, 0) is 50.3 Å². The van der Waals surface area contributed by atoms with Gasteiger partial charge in [0.2, 0.25) is 0 Å². The first-order valence-corrected chi connectivity index (χ1v) is 9.15.